The van der Waals surface area contributed by atoms with Crippen LogP contribution in [0.3, 0.4) is 0 Å². The van der Waals surface area contributed by atoms with E-state index in [1.165, 1.54) is 5.56 Å². The van der Waals surface area contributed by atoms with Gasteiger partial charge in [-0.05, 0) is 37.5 Å². The molecule has 0 bridgehead atoms. The molecular formula is C18H24N2O. The van der Waals surface area contributed by atoms with Crippen LogP contribution < -0.4 is 15.8 Å². The zero-order chi connectivity index (χ0) is 15.2. The van der Waals surface area contributed by atoms with E-state index in [1.54, 1.807) is 0 Å². The molecule has 0 aliphatic rings. The van der Waals surface area contributed by atoms with Crippen LogP contribution >= 0.6 is 0 Å². The normalized spacial score (nSPS) is 12.2. The molecule has 0 spiro atoms. The minimum atomic E-state index is 0.116. The highest BCUT2D eigenvalue weighted by atomic mass is 16.5. The van der Waals surface area contributed by atoms with Crippen molar-refractivity contribution in [3.8, 4) is 5.75 Å². The molecule has 3 nitrogen and oxygen atoms in total. The summed E-state index contributed by atoms with van der Waals surface area (Å²) in [5.41, 5.74) is 9.09. The van der Waals surface area contributed by atoms with E-state index in [2.05, 4.69) is 36.5 Å². The van der Waals surface area contributed by atoms with E-state index in [4.69, 9.17) is 10.5 Å². The van der Waals surface area contributed by atoms with E-state index in [9.17, 15) is 0 Å². The number of ether oxygens (including phenoxy) is 1. The molecule has 2 rings (SSSR count). The minimum absolute atomic E-state index is 0.116. The third-order valence-electron chi connectivity index (χ3n) is 3.40. The van der Waals surface area contributed by atoms with E-state index in [0.29, 0.717) is 11.6 Å². The third kappa shape index (κ3) is 4.15. The van der Waals surface area contributed by atoms with Gasteiger partial charge in [0.05, 0.1) is 17.5 Å². The summed E-state index contributed by atoms with van der Waals surface area (Å²) >= 11 is 0. The zero-order valence-electron chi connectivity index (χ0n) is 13.0. The van der Waals surface area contributed by atoms with E-state index < -0.39 is 0 Å². The summed E-state index contributed by atoms with van der Waals surface area (Å²) in [5, 5.41) is 3.42. The van der Waals surface area contributed by atoms with Crippen molar-refractivity contribution in [3.63, 3.8) is 0 Å². The van der Waals surface area contributed by atoms with Crippen LogP contribution in [0.4, 0.5) is 11.4 Å². The van der Waals surface area contributed by atoms with E-state index in [0.717, 1.165) is 18.0 Å². The molecule has 0 saturated carbocycles. The second kappa shape index (κ2) is 7.02. The molecule has 1 atom stereocenters. The lowest BCUT2D eigenvalue weighted by Gasteiger charge is -2.18. The van der Waals surface area contributed by atoms with Gasteiger partial charge in [0.15, 0.2) is 0 Å². The average Bonchev–Trinajstić information content (AvgIpc) is 2.48. The Labute approximate surface area is 127 Å². The van der Waals surface area contributed by atoms with Crippen molar-refractivity contribution in [2.24, 2.45) is 0 Å². The first-order valence-corrected chi connectivity index (χ1v) is 7.42. The van der Waals surface area contributed by atoms with Gasteiger partial charge in [-0.1, -0.05) is 43.3 Å². The Hall–Kier alpha value is -2.16. The predicted molar refractivity (Wildman–Crippen MR) is 90.0 cm³/mol. The standard InChI is InChI=1S/C18H24N2O/c1-13(2)21-17-11-7-10-16(18(17)19)20-12-14(3)15-8-5-4-6-9-15/h4-11,13-14,20H,12,19H2,1-3H3. The van der Waals surface area contributed by atoms with Crippen molar-refractivity contribution in [3.05, 3.63) is 54.1 Å². The number of rotatable bonds is 6. The van der Waals surface area contributed by atoms with Crippen molar-refractivity contribution in [2.75, 3.05) is 17.6 Å². The summed E-state index contributed by atoms with van der Waals surface area (Å²) in [6.45, 7) is 7.03. The predicted octanol–water partition coefficient (Wildman–Crippen LogP) is 4.27. The van der Waals surface area contributed by atoms with Crippen molar-refractivity contribution < 1.29 is 4.74 Å². The quantitative estimate of drug-likeness (QED) is 0.779. The Morgan fingerprint density at radius 3 is 2.38 bits per heavy atom. The molecule has 0 aliphatic heterocycles. The molecule has 0 saturated heterocycles. The molecule has 21 heavy (non-hydrogen) atoms. The Morgan fingerprint density at radius 1 is 1.00 bits per heavy atom. The molecule has 0 fully saturated rings. The molecule has 0 heterocycles. The van der Waals surface area contributed by atoms with Crippen LogP contribution in [-0.2, 0) is 0 Å². The third-order valence-corrected chi connectivity index (χ3v) is 3.40. The first kappa shape index (κ1) is 15.2. The lowest BCUT2D eigenvalue weighted by molar-refractivity contribution is 0.244. The summed E-state index contributed by atoms with van der Waals surface area (Å²) in [6, 6.07) is 16.3. The molecule has 0 aliphatic carbocycles. The number of nitrogens with one attached hydrogen (secondary N) is 1. The fourth-order valence-corrected chi connectivity index (χ4v) is 2.22. The Kier molecular flexibility index (Phi) is 5.09. The first-order valence-electron chi connectivity index (χ1n) is 7.42. The SMILES string of the molecule is CC(C)Oc1cccc(NCC(C)c2ccccc2)c1N. The van der Waals surface area contributed by atoms with Crippen molar-refractivity contribution >= 4 is 11.4 Å². The van der Waals surface area contributed by atoms with Gasteiger partial charge in [0.25, 0.3) is 0 Å². The van der Waals surface area contributed by atoms with Gasteiger partial charge in [0, 0.05) is 6.54 Å². The van der Waals surface area contributed by atoms with Crippen LogP contribution in [-0.4, -0.2) is 12.6 Å². The maximum Gasteiger partial charge on any atom is 0.144 e. The van der Waals surface area contributed by atoms with Crippen LogP contribution in [0.15, 0.2) is 48.5 Å². The minimum Gasteiger partial charge on any atom is -0.489 e. The largest absolute Gasteiger partial charge is 0.489 e. The highest BCUT2D eigenvalue weighted by Crippen LogP contribution is 2.30. The first-order chi connectivity index (χ1) is 10.1. The van der Waals surface area contributed by atoms with Gasteiger partial charge < -0.3 is 15.8 Å². The lowest BCUT2D eigenvalue weighted by Crippen LogP contribution is -2.12. The van der Waals surface area contributed by atoms with Crippen molar-refractivity contribution in [2.45, 2.75) is 32.8 Å². The van der Waals surface area contributed by atoms with E-state index in [1.807, 2.05) is 38.1 Å². The number of hydrogen-bond acceptors (Lipinski definition) is 3. The summed E-state index contributed by atoms with van der Waals surface area (Å²) in [5.74, 6) is 1.16. The molecule has 3 heteroatoms. The molecule has 112 valence electrons. The molecule has 0 amide bonds. The fraction of sp³-hybridized carbons (Fsp3) is 0.333. The van der Waals surface area contributed by atoms with Crippen LogP contribution in [0, 0.1) is 0 Å². The number of hydrogen-bond donors (Lipinski definition) is 2. The highest BCUT2D eigenvalue weighted by molar-refractivity contribution is 5.73. The zero-order valence-corrected chi connectivity index (χ0v) is 13.0. The summed E-state index contributed by atoms with van der Waals surface area (Å²) in [6.07, 6.45) is 0.116. The second-order valence-corrected chi connectivity index (χ2v) is 5.58. The van der Waals surface area contributed by atoms with Crippen LogP contribution in [0.2, 0.25) is 0 Å². The van der Waals surface area contributed by atoms with Gasteiger partial charge in [-0.25, -0.2) is 0 Å². The van der Waals surface area contributed by atoms with Gasteiger partial charge in [0.2, 0.25) is 0 Å². The Balaban J connectivity index is 2.03. The van der Waals surface area contributed by atoms with Crippen LogP contribution in [0.5, 0.6) is 5.75 Å². The monoisotopic (exact) mass is 284 g/mol. The average molecular weight is 284 g/mol. The Bertz CT molecular complexity index is 567. The molecule has 1 unspecified atom stereocenters. The van der Waals surface area contributed by atoms with Gasteiger partial charge in [0.1, 0.15) is 5.75 Å². The Morgan fingerprint density at radius 2 is 1.71 bits per heavy atom. The molecule has 3 N–H and O–H groups in total. The van der Waals surface area contributed by atoms with Gasteiger partial charge in [-0.2, -0.15) is 0 Å². The summed E-state index contributed by atoms with van der Waals surface area (Å²) < 4.78 is 5.71. The van der Waals surface area contributed by atoms with Crippen molar-refractivity contribution in [1.82, 2.24) is 0 Å². The molecule has 2 aromatic rings. The van der Waals surface area contributed by atoms with E-state index in [-0.39, 0.29) is 6.10 Å². The molecule has 0 aromatic heterocycles. The van der Waals surface area contributed by atoms with Gasteiger partial charge in [-0.3, -0.25) is 0 Å². The summed E-state index contributed by atoms with van der Waals surface area (Å²) in [7, 11) is 0. The van der Waals surface area contributed by atoms with Gasteiger partial charge >= 0.3 is 0 Å². The number of benzene rings is 2. The topological polar surface area (TPSA) is 47.3 Å². The number of nitrogens with two attached hydrogens (primary N) is 1. The smallest absolute Gasteiger partial charge is 0.144 e. The highest BCUT2D eigenvalue weighted by Gasteiger charge is 2.09. The maximum absolute atomic E-state index is 6.17. The second-order valence-electron chi connectivity index (χ2n) is 5.58. The summed E-state index contributed by atoms with van der Waals surface area (Å²) in [4.78, 5) is 0. The van der Waals surface area contributed by atoms with Gasteiger partial charge in [-0.15, -0.1) is 0 Å². The number of anilines is 2. The molecular weight excluding hydrogens is 260 g/mol. The lowest BCUT2D eigenvalue weighted by atomic mass is 10.0. The maximum atomic E-state index is 6.17. The van der Waals surface area contributed by atoms with E-state index >= 15 is 0 Å². The fourth-order valence-electron chi connectivity index (χ4n) is 2.22. The number of para-hydroxylation sites is 1. The van der Waals surface area contributed by atoms with Crippen molar-refractivity contribution in [1.29, 1.82) is 0 Å². The molecule has 0 radical (unpaired) electrons. The van der Waals surface area contributed by atoms with Crippen LogP contribution in [0.25, 0.3) is 0 Å². The number of nitrogen functional groups attached to an aromatic ring is 1. The molecule has 2 aromatic carbocycles. The van der Waals surface area contributed by atoms with Crippen LogP contribution in [0.1, 0.15) is 32.3 Å².